The van der Waals surface area contributed by atoms with Gasteiger partial charge in [-0.3, -0.25) is 19.0 Å². The Kier molecular flexibility index (Phi) is 7.35. The van der Waals surface area contributed by atoms with E-state index < -0.39 is 0 Å². The van der Waals surface area contributed by atoms with Crippen molar-refractivity contribution in [1.82, 2.24) is 9.55 Å². The number of anilines is 2. The molecule has 0 radical (unpaired) electrons. The Balaban J connectivity index is 1.34. The molecule has 3 aromatic carbocycles. The molecule has 1 N–H and O–H groups in total. The summed E-state index contributed by atoms with van der Waals surface area (Å²) in [6.45, 7) is 4.69. The van der Waals surface area contributed by atoms with E-state index >= 15 is 0 Å². The highest BCUT2D eigenvalue weighted by Crippen LogP contribution is 2.17. The number of aryl methyl sites for hydroxylation is 2. The van der Waals surface area contributed by atoms with E-state index in [2.05, 4.69) is 10.3 Å². The quantitative estimate of drug-likeness (QED) is 0.417. The summed E-state index contributed by atoms with van der Waals surface area (Å²) >= 11 is 0. The van der Waals surface area contributed by atoms with Gasteiger partial charge in [0, 0.05) is 30.9 Å². The lowest BCUT2D eigenvalue weighted by atomic mass is 10.1. The van der Waals surface area contributed by atoms with Crippen LogP contribution in [-0.4, -0.2) is 27.9 Å². The minimum absolute atomic E-state index is 0.0140. The van der Waals surface area contributed by atoms with E-state index in [0.717, 1.165) is 16.8 Å². The first-order valence-electron chi connectivity index (χ1n) is 11.6. The van der Waals surface area contributed by atoms with E-state index in [1.54, 1.807) is 23.1 Å². The molecule has 7 heteroatoms. The summed E-state index contributed by atoms with van der Waals surface area (Å²) in [5, 5.41) is 3.40. The lowest BCUT2D eigenvalue weighted by molar-refractivity contribution is -0.118. The lowest BCUT2D eigenvalue weighted by Gasteiger charge is -2.21. The van der Waals surface area contributed by atoms with Gasteiger partial charge in [-0.05, 0) is 55.3 Å². The number of aromatic nitrogens is 2. The number of hydrogen-bond donors (Lipinski definition) is 1. The SMILES string of the molecule is CCN(C(=O)Cc1ccc(NC(=O)CCn2cnc3c(C)cccc3c2=O)cc1)c1ccccc1. The fourth-order valence-corrected chi connectivity index (χ4v) is 4.03. The number of nitrogens with zero attached hydrogens (tertiary/aromatic N) is 3. The van der Waals surface area contributed by atoms with Gasteiger partial charge in [0.15, 0.2) is 0 Å². The van der Waals surface area contributed by atoms with Crippen LogP contribution in [0.5, 0.6) is 0 Å². The number of para-hydroxylation sites is 2. The maximum Gasteiger partial charge on any atom is 0.261 e. The number of hydrogen-bond acceptors (Lipinski definition) is 4. The van der Waals surface area contributed by atoms with Crippen LogP contribution in [0.25, 0.3) is 10.9 Å². The molecule has 0 atom stereocenters. The largest absolute Gasteiger partial charge is 0.326 e. The molecule has 4 rings (SSSR count). The summed E-state index contributed by atoms with van der Waals surface area (Å²) in [5.41, 5.74) is 3.85. The van der Waals surface area contributed by atoms with Crippen LogP contribution in [0, 0.1) is 6.92 Å². The fraction of sp³-hybridized carbons (Fsp3) is 0.214. The smallest absolute Gasteiger partial charge is 0.261 e. The van der Waals surface area contributed by atoms with Gasteiger partial charge in [-0.2, -0.15) is 0 Å². The molecule has 0 unspecified atom stereocenters. The Bertz CT molecular complexity index is 1400. The summed E-state index contributed by atoms with van der Waals surface area (Å²) in [6.07, 6.45) is 1.90. The second kappa shape index (κ2) is 10.8. The Morgan fingerprint density at radius 3 is 2.43 bits per heavy atom. The zero-order chi connectivity index (χ0) is 24.8. The fourth-order valence-electron chi connectivity index (χ4n) is 4.03. The van der Waals surface area contributed by atoms with Crippen molar-refractivity contribution in [1.29, 1.82) is 0 Å². The van der Waals surface area contributed by atoms with Gasteiger partial charge in [0.1, 0.15) is 0 Å². The number of carbonyl (C=O) groups excluding carboxylic acids is 2. The molecule has 0 saturated carbocycles. The maximum atomic E-state index is 12.8. The number of fused-ring (bicyclic) bond motifs is 1. The van der Waals surface area contributed by atoms with Gasteiger partial charge >= 0.3 is 0 Å². The second-order valence-corrected chi connectivity index (χ2v) is 8.36. The summed E-state index contributed by atoms with van der Waals surface area (Å²) in [7, 11) is 0. The highest BCUT2D eigenvalue weighted by Gasteiger charge is 2.14. The van der Waals surface area contributed by atoms with Crippen molar-refractivity contribution in [2.24, 2.45) is 0 Å². The number of benzene rings is 3. The standard InChI is InChI=1S/C28H28N4O3/c1-3-32(23-9-5-4-6-10-23)26(34)18-21-12-14-22(15-13-21)30-25(33)16-17-31-19-29-27-20(2)8-7-11-24(27)28(31)35/h4-15,19H,3,16-18H2,1-2H3,(H,30,33). The van der Waals surface area contributed by atoms with Gasteiger partial charge in [0.25, 0.3) is 5.56 Å². The molecule has 0 spiro atoms. The third-order valence-electron chi connectivity index (χ3n) is 5.91. The molecule has 0 bridgehead atoms. The van der Waals surface area contributed by atoms with E-state index in [1.165, 1.54) is 10.9 Å². The number of amides is 2. The van der Waals surface area contributed by atoms with Crippen molar-refractivity contribution in [3.63, 3.8) is 0 Å². The zero-order valence-electron chi connectivity index (χ0n) is 19.9. The van der Waals surface area contributed by atoms with Crippen molar-refractivity contribution >= 4 is 34.1 Å². The van der Waals surface area contributed by atoms with Gasteiger partial charge in [-0.1, -0.05) is 42.5 Å². The van der Waals surface area contributed by atoms with Crippen LogP contribution >= 0.6 is 0 Å². The van der Waals surface area contributed by atoms with Crippen LogP contribution in [0.3, 0.4) is 0 Å². The molecule has 0 aliphatic carbocycles. The Labute approximate surface area is 204 Å². The van der Waals surface area contributed by atoms with Gasteiger partial charge < -0.3 is 10.2 Å². The van der Waals surface area contributed by atoms with Gasteiger partial charge in [-0.15, -0.1) is 0 Å². The zero-order valence-corrected chi connectivity index (χ0v) is 19.9. The van der Waals surface area contributed by atoms with Crippen LogP contribution < -0.4 is 15.8 Å². The molecule has 178 valence electrons. The Morgan fingerprint density at radius 2 is 1.71 bits per heavy atom. The third-order valence-corrected chi connectivity index (χ3v) is 5.91. The summed E-state index contributed by atoms with van der Waals surface area (Å²) in [6, 6.07) is 22.3. The van der Waals surface area contributed by atoms with Crippen LogP contribution in [-0.2, 0) is 22.6 Å². The average molecular weight is 469 g/mol. The molecule has 4 aromatic rings. The van der Waals surface area contributed by atoms with E-state index in [-0.39, 0.29) is 36.8 Å². The molecule has 1 heterocycles. The van der Waals surface area contributed by atoms with E-state index in [1.807, 2.05) is 68.4 Å². The first-order valence-corrected chi connectivity index (χ1v) is 11.6. The predicted octanol–water partition coefficient (Wildman–Crippen LogP) is 4.33. The summed E-state index contributed by atoms with van der Waals surface area (Å²) in [4.78, 5) is 44.1. The van der Waals surface area contributed by atoms with Crippen LogP contribution in [0.1, 0.15) is 24.5 Å². The van der Waals surface area contributed by atoms with Crippen molar-refractivity contribution in [3.05, 3.63) is 101 Å². The second-order valence-electron chi connectivity index (χ2n) is 8.36. The van der Waals surface area contributed by atoms with E-state index in [4.69, 9.17) is 0 Å². The number of nitrogens with one attached hydrogen (secondary N) is 1. The molecule has 0 aliphatic heterocycles. The molecule has 2 amide bonds. The number of carbonyl (C=O) groups is 2. The first kappa shape index (κ1) is 23.9. The van der Waals surface area contributed by atoms with Crippen LogP contribution in [0.15, 0.2) is 83.9 Å². The molecule has 1 aromatic heterocycles. The molecule has 35 heavy (non-hydrogen) atoms. The highest BCUT2D eigenvalue weighted by molar-refractivity contribution is 5.95. The summed E-state index contributed by atoms with van der Waals surface area (Å²) < 4.78 is 1.46. The normalized spacial score (nSPS) is 10.8. The molecule has 7 nitrogen and oxygen atoms in total. The number of likely N-dealkylation sites (N-methyl/N-ethyl adjacent to an activating group) is 1. The van der Waals surface area contributed by atoms with Crippen molar-refractivity contribution in [2.75, 3.05) is 16.8 Å². The van der Waals surface area contributed by atoms with Gasteiger partial charge in [0.05, 0.1) is 23.7 Å². The predicted molar refractivity (Wildman–Crippen MR) is 139 cm³/mol. The molecule has 0 aliphatic rings. The van der Waals surface area contributed by atoms with Gasteiger partial charge in [-0.25, -0.2) is 4.98 Å². The van der Waals surface area contributed by atoms with Gasteiger partial charge in [0.2, 0.25) is 11.8 Å². The monoisotopic (exact) mass is 468 g/mol. The topological polar surface area (TPSA) is 84.3 Å². The van der Waals surface area contributed by atoms with Crippen LogP contribution in [0.4, 0.5) is 11.4 Å². The highest BCUT2D eigenvalue weighted by atomic mass is 16.2. The minimum Gasteiger partial charge on any atom is -0.326 e. The van der Waals surface area contributed by atoms with Crippen molar-refractivity contribution in [2.45, 2.75) is 33.2 Å². The van der Waals surface area contributed by atoms with Crippen molar-refractivity contribution < 1.29 is 9.59 Å². The number of rotatable bonds is 8. The molecular formula is C28H28N4O3. The van der Waals surface area contributed by atoms with E-state index in [0.29, 0.717) is 23.1 Å². The van der Waals surface area contributed by atoms with Crippen LogP contribution in [0.2, 0.25) is 0 Å². The molecule has 0 saturated heterocycles. The van der Waals surface area contributed by atoms with Crippen molar-refractivity contribution in [3.8, 4) is 0 Å². The lowest BCUT2D eigenvalue weighted by Crippen LogP contribution is -2.31. The molecular weight excluding hydrogens is 440 g/mol. The average Bonchev–Trinajstić information content (AvgIpc) is 2.86. The van der Waals surface area contributed by atoms with E-state index in [9.17, 15) is 14.4 Å². The minimum atomic E-state index is -0.202. The maximum absolute atomic E-state index is 12.8. The third kappa shape index (κ3) is 5.63. The first-order chi connectivity index (χ1) is 17.0. The Morgan fingerprint density at radius 1 is 0.971 bits per heavy atom. The Hall–Kier alpha value is -4.26. The molecule has 0 fully saturated rings. The summed E-state index contributed by atoms with van der Waals surface area (Å²) in [5.74, 6) is -0.189.